The minimum atomic E-state index is -0.618. The van der Waals surface area contributed by atoms with Crippen molar-refractivity contribution in [1.29, 1.82) is 0 Å². The standard InChI is InChI=1S/C13H15ClO5/c1-16-9-4-3-8(13(17-2)11(9)14)12(15)10-7-18-5-6-19-10/h3-4,10H,5-7H2,1-2H3. The van der Waals surface area contributed by atoms with Crippen molar-refractivity contribution < 1.29 is 23.7 Å². The summed E-state index contributed by atoms with van der Waals surface area (Å²) >= 11 is 6.12. The zero-order valence-corrected chi connectivity index (χ0v) is 11.5. The number of carbonyl (C=O) groups excluding carboxylic acids is 1. The molecule has 1 heterocycles. The molecule has 0 N–H and O–H groups in total. The van der Waals surface area contributed by atoms with Crippen molar-refractivity contribution in [3.05, 3.63) is 22.7 Å². The average molecular weight is 287 g/mol. The maximum atomic E-state index is 12.3. The number of halogens is 1. The van der Waals surface area contributed by atoms with E-state index in [2.05, 4.69) is 0 Å². The maximum Gasteiger partial charge on any atom is 0.197 e. The first-order chi connectivity index (χ1) is 9.19. The third-order valence-corrected chi connectivity index (χ3v) is 3.22. The Kier molecular flexibility index (Phi) is 4.63. The zero-order chi connectivity index (χ0) is 13.8. The predicted octanol–water partition coefficient (Wildman–Crippen LogP) is 1.96. The van der Waals surface area contributed by atoms with Gasteiger partial charge in [0.2, 0.25) is 0 Å². The molecule has 1 atom stereocenters. The fourth-order valence-electron chi connectivity index (χ4n) is 1.90. The van der Waals surface area contributed by atoms with Crippen LogP contribution in [0.5, 0.6) is 11.5 Å². The molecule has 1 fully saturated rings. The highest BCUT2D eigenvalue weighted by atomic mass is 35.5. The maximum absolute atomic E-state index is 12.3. The predicted molar refractivity (Wildman–Crippen MR) is 69.4 cm³/mol. The number of ketones is 1. The van der Waals surface area contributed by atoms with E-state index >= 15 is 0 Å². The van der Waals surface area contributed by atoms with Crippen LogP contribution in [0.2, 0.25) is 5.02 Å². The number of methoxy groups -OCH3 is 2. The van der Waals surface area contributed by atoms with E-state index in [4.69, 9.17) is 30.5 Å². The van der Waals surface area contributed by atoms with Crippen molar-refractivity contribution in [3.8, 4) is 11.5 Å². The molecule has 1 saturated heterocycles. The van der Waals surface area contributed by atoms with E-state index in [-0.39, 0.29) is 17.4 Å². The summed E-state index contributed by atoms with van der Waals surface area (Å²) in [4.78, 5) is 12.3. The van der Waals surface area contributed by atoms with Gasteiger partial charge in [0.25, 0.3) is 0 Å². The summed E-state index contributed by atoms with van der Waals surface area (Å²) in [6.45, 7) is 1.15. The number of Topliss-reactive ketones (excluding diaryl/α,β-unsaturated/α-hetero) is 1. The average Bonchev–Trinajstić information content (AvgIpc) is 2.47. The molecule has 0 aromatic heterocycles. The Morgan fingerprint density at radius 1 is 1.32 bits per heavy atom. The lowest BCUT2D eigenvalue weighted by atomic mass is 10.0. The van der Waals surface area contributed by atoms with Crippen molar-refractivity contribution >= 4 is 17.4 Å². The van der Waals surface area contributed by atoms with E-state index in [1.807, 2.05) is 0 Å². The highest BCUT2D eigenvalue weighted by Crippen LogP contribution is 2.37. The summed E-state index contributed by atoms with van der Waals surface area (Å²) in [7, 11) is 2.95. The molecule has 19 heavy (non-hydrogen) atoms. The van der Waals surface area contributed by atoms with Crippen LogP contribution in [0, 0.1) is 0 Å². The Hall–Kier alpha value is -1.30. The molecular weight excluding hydrogens is 272 g/mol. The molecule has 1 aliphatic rings. The molecule has 6 heteroatoms. The normalized spacial score (nSPS) is 19.0. The van der Waals surface area contributed by atoms with Crippen LogP contribution in [0.15, 0.2) is 12.1 Å². The minimum Gasteiger partial charge on any atom is -0.495 e. The van der Waals surface area contributed by atoms with E-state index in [9.17, 15) is 4.79 Å². The third-order valence-electron chi connectivity index (χ3n) is 2.86. The Labute approximate surface area is 116 Å². The van der Waals surface area contributed by atoms with E-state index < -0.39 is 6.10 Å². The molecule has 0 amide bonds. The first kappa shape index (κ1) is 14.1. The minimum absolute atomic E-state index is 0.207. The molecule has 0 radical (unpaired) electrons. The van der Waals surface area contributed by atoms with Crippen molar-refractivity contribution in [3.63, 3.8) is 0 Å². The highest BCUT2D eigenvalue weighted by molar-refractivity contribution is 6.34. The van der Waals surface area contributed by atoms with Gasteiger partial charge in [-0.15, -0.1) is 0 Å². The molecule has 0 saturated carbocycles. The Balaban J connectivity index is 2.33. The fraction of sp³-hybridized carbons (Fsp3) is 0.462. The van der Waals surface area contributed by atoms with Gasteiger partial charge in [-0.25, -0.2) is 0 Å². The molecule has 1 aliphatic heterocycles. The second-order valence-corrected chi connectivity index (χ2v) is 4.34. The van der Waals surface area contributed by atoms with Gasteiger partial charge in [0.1, 0.15) is 16.9 Å². The summed E-state index contributed by atoms with van der Waals surface area (Å²) < 4.78 is 20.9. The lowest BCUT2D eigenvalue weighted by Gasteiger charge is -2.22. The van der Waals surface area contributed by atoms with Gasteiger partial charge in [-0.2, -0.15) is 0 Å². The lowest BCUT2D eigenvalue weighted by molar-refractivity contribution is -0.0719. The van der Waals surface area contributed by atoms with Crippen LogP contribution in [0.25, 0.3) is 0 Å². The largest absolute Gasteiger partial charge is 0.495 e. The lowest BCUT2D eigenvalue weighted by Crippen LogP contribution is -2.35. The number of benzene rings is 1. The number of ether oxygens (including phenoxy) is 4. The van der Waals surface area contributed by atoms with Gasteiger partial charge in [-0.3, -0.25) is 4.79 Å². The van der Waals surface area contributed by atoms with Crippen LogP contribution in [0.4, 0.5) is 0 Å². The van der Waals surface area contributed by atoms with Crippen LogP contribution < -0.4 is 9.47 Å². The van der Waals surface area contributed by atoms with Crippen molar-refractivity contribution in [2.75, 3.05) is 34.0 Å². The smallest absolute Gasteiger partial charge is 0.197 e. The van der Waals surface area contributed by atoms with Gasteiger partial charge in [-0.1, -0.05) is 11.6 Å². The molecule has 2 rings (SSSR count). The number of carbonyl (C=O) groups is 1. The van der Waals surface area contributed by atoms with Gasteiger partial charge in [0.05, 0.1) is 39.6 Å². The van der Waals surface area contributed by atoms with Crippen LogP contribution >= 0.6 is 11.6 Å². The molecule has 5 nitrogen and oxygen atoms in total. The summed E-state index contributed by atoms with van der Waals surface area (Å²) in [5, 5.41) is 0.271. The van der Waals surface area contributed by atoms with Gasteiger partial charge in [0.15, 0.2) is 11.5 Å². The molecule has 1 aromatic rings. The van der Waals surface area contributed by atoms with Gasteiger partial charge in [-0.05, 0) is 12.1 Å². The molecule has 1 aromatic carbocycles. The van der Waals surface area contributed by atoms with Crippen molar-refractivity contribution in [2.24, 2.45) is 0 Å². The quantitative estimate of drug-likeness (QED) is 0.792. The third kappa shape index (κ3) is 2.83. The first-order valence-electron chi connectivity index (χ1n) is 5.83. The van der Waals surface area contributed by atoms with Gasteiger partial charge in [0, 0.05) is 0 Å². The molecule has 0 aliphatic carbocycles. The fourth-order valence-corrected chi connectivity index (χ4v) is 2.22. The van der Waals surface area contributed by atoms with E-state index in [0.717, 1.165) is 0 Å². The Morgan fingerprint density at radius 2 is 2.11 bits per heavy atom. The van der Waals surface area contributed by atoms with E-state index in [1.165, 1.54) is 14.2 Å². The summed E-state index contributed by atoms with van der Waals surface area (Å²) in [6, 6.07) is 3.24. The zero-order valence-electron chi connectivity index (χ0n) is 10.8. The summed E-state index contributed by atoms with van der Waals surface area (Å²) in [5.74, 6) is 0.539. The topological polar surface area (TPSA) is 54.0 Å². The van der Waals surface area contributed by atoms with Crippen molar-refractivity contribution in [1.82, 2.24) is 0 Å². The number of rotatable bonds is 4. The summed E-state index contributed by atoms with van der Waals surface area (Å²) in [5.41, 5.74) is 0.365. The monoisotopic (exact) mass is 286 g/mol. The number of hydrogen-bond acceptors (Lipinski definition) is 5. The van der Waals surface area contributed by atoms with Crippen LogP contribution in [-0.4, -0.2) is 45.9 Å². The number of hydrogen-bond donors (Lipinski definition) is 0. The molecular formula is C13H15ClO5. The molecule has 104 valence electrons. The highest BCUT2D eigenvalue weighted by Gasteiger charge is 2.28. The summed E-state index contributed by atoms with van der Waals surface area (Å²) in [6.07, 6.45) is -0.618. The second-order valence-electron chi connectivity index (χ2n) is 3.96. The Bertz CT molecular complexity index is 468. The second kappa shape index (κ2) is 6.23. The van der Waals surface area contributed by atoms with Gasteiger partial charge < -0.3 is 18.9 Å². The van der Waals surface area contributed by atoms with Crippen LogP contribution in [-0.2, 0) is 9.47 Å². The van der Waals surface area contributed by atoms with Crippen LogP contribution in [0.1, 0.15) is 10.4 Å². The molecule has 1 unspecified atom stereocenters. The van der Waals surface area contributed by atoms with E-state index in [0.29, 0.717) is 30.3 Å². The SMILES string of the molecule is COc1ccc(C(=O)C2COCCO2)c(OC)c1Cl. The molecule has 0 spiro atoms. The van der Waals surface area contributed by atoms with Crippen molar-refractivity contribution in [2.45, 2.75) is 6.10 Å². The first-order valence-corrected chi connectivity index (χ1v) is 6.21. The van der Waals surface area contributed by atoms with E-state index in [1.54, 1.807) is 12.1 Å². The van der Waals surface area contributed by atoms with Crippen LogP contribution in [0.3, 0.4) is 0 Å². The molecule has 0 bridgehead atoms. The van der Waals surface area contributed by atoms with Gasteiger partial charge >= 0.3 is 0 Å². The Morgan fingerprint density at radius 3 is 2.68 bits per heavy atom.